The number of carbonyl (C=O) groups is 2. The molecule has 0 fully saturated rings. The summed E-state index contributed by atoms with van der Waals surface area (Å²) in [7, 11) is 4.92. The quantitative estimate of drug-likeness (QED) is 0.0775. The first kappa shape index (κ1) is 31.8. The van der Waals surface area contributed by atoms with Gasteiger partial charge in [0.25, 0.3) is 11.4 Å². The Morgan fingerprint density at radius 1 is 0.949 bits per heavy atom. The first-order chi connectivity index (χ1) is 18.6. The lowest BCUT2D eigenvalue weighted by Gasteiger charge is -2.23. The molecule has 0 bridgehead atoms. The zero-order valence-electron chi connectivity index (χ0n) is 20.6. The zero-order valence-corrected chi connectivity index (χ0v) is 23.0. The molecule has 2 N–H and O–H groups in total. The van der Waals surface area contributed by atoms with Crippen LogP contribution in [0.5, 0.6) is 0 Å². The van der Waals surface area contributed by atoms with E-state index < -0.39 is 39.4 Å². The first-order valence-corrected chi connectivity index (χ1v) is 13.3. The van der Waals surface area contributed by atoms with Crippen molar-refractivity contribution in [1.82, 2.24) is 0 Å². The van der Waals surface area contributed by atoms with Crippen molar-refractivity contribution >= 4 is 62.6 Å². The summed E-state index contributed by atoms with van der Waals surface area (Å²) >= 11 is 5.36. The van der Waals surface area contributed by atoms with E-state index in [1.54, 1.807) is 0 Å². The predicted octanol–water partition coefficient (Wildman–Crippen LogP) is 3.70. The number of nitro benzene ring substituents is 2. The lowest BCUT2D eigenvalue weighted by molar-refractivity contribution is -0.385. The number of benzene rings is 2. The van der Waals surface area contributed by atoms with Crippen molar-refractivity contribution in [3.63, 3.8) is 0 Å². The van der Waals surface area contributed by atoms with Gasteiger partial charge in [-0.05, 0) is 36.9 Å². The molecule has 0 amide bonds. The molecule has 39 heavy (non-hydrogen) atoms. The van der Waals surface area contributed by atoms with Crippen molar-refractivity contribution in [1.29, 1.82) is 0 Å². The molecule has 2 rings (SSSR count). The van der Waals surface area contributed by atoms with Crippen LogP contribution in [-0.4, -0.2) is 61.3 Å². The maximum atomic E-state index is 12.5. The van der Waals surface area contributed by atoms with Crippen LogP contribution in [0.1, 0.15) is 33.6 Å². The molecule has 0 aliphatic heterocycles. The van der Waals surface area contributed by atoms with Crippen LogP contribution >= 0.6 is 33.4 Å². The summed E-state index contributed by atoms with van der Waals surface area (Å²) in [5, 5.41) is 28.3. The topological polar surface area (TPSA) is 197 Å². The summed E-state index contributed by atoms with van der Waals surface area (Å²) in [5.41, 5.74) is -1.45. The summed E-state index contributed by atoms with van der Waals surface area (Å²) in [6, 6.07) is 7.75. The van der Waals surface area contributed by atoms with Crippen molar-refractivity contribution < 1.29 is 43.8 Å². The summed E-state index contributed by atoms with van der Waals surface area (Å²) in [5.74, 6) is -1.71. The van der Waals surface area contributed by atoms with Crippen LogP contribution in [0.2, 0.25) is 0 Å². The third-order valence-electron chi connectivity index (χ3n) is 4.83. The Bertz CT molecular complexity index is 1230. The second-order valence-electron chi connectivity index (χ2n) is 7.31. The number of rotatable bonds is 15. The molecule has 17 heteroatoms. The average molecular weight is 603 g/mol. The number of carbonyl (C=O) groups excluding carboxylic acids is 2. The van der Waals surface area contributed by atoms with Gasteiger partial charge >= 0.3 is 17.8 Å². The fourth-order valence-corrected chi connectivity index (χ4v) is 4.98. The number of ether oxygens (including phenoxy) is 4. The summed E-state index contributed by atoms with van der Waals surface area (Å²) in [4.78, 5) is 50.7. The molecule has 2 aromatic carbocycles. The molecule has 0 saturated carbocycles. The van der Waals surface area contributed by atoms with E-state index in [-0.39, 0.29) is 43.1 Å². The van der Waals surface area contributed by atoms with Crippen LogP contribution in [0.15, 0.2) is 46.2 Å². The van der Waals surface area contributed by atoms with Gasteiger partial charge < -0.3 is 23.8 Å². The monoisotopic (exact) mass is 602 g/mol. The minimum Gasteiger partial charge on any atom is -0.550 e. The third kappa shape index (κ3) is 9.67. The number of nitrogens with zero attached hydrogens (tertiary/aromatic N) is 3. The molecular formula is C22H23ClN4O10S2. The smallest absolute Gasteiger partial charge is 0.345 e. The lowest BCUT2D eigenvalue weighted by atomic mass is 10.2. The van der Waals surface area contributed by atoms with E-state index in [0.717, 1.165) is 33.7 Å². The Labute approximate surface area is 235 Å². The van der Waals surface area contributed by atoms with Crippen molar-refractivity contribution in [2.75, 3.05) is 27.4 Å². The standard InChI is InChI=1S/C22H22ClN4O10S2/c1-34-19(24)7-9-36-21(28)15-11-13(3-5-17(15)26(30)31)38-39-14-4-6-18(27(32)33)16(12-14)22(29)37-10-8-20(25-23)35-2/h3-6,11-12,20,24H,7-10H2,1-2H3/q-1/p+1. The van der Waals surface area contributed by atoms with E-state index in [1.165, 1.54) is 38.5 Å². The number of esters is 2. The van der Waals surface area contributed by atoms with Crippen molar-refractivity contribution in [3.05, 3.63) is 72.6 Å². The van der Waals surface area contributed by atoms with Gasteiger partial charge in [-0.3, -0.25) is 32.0 Å². The lowest BCUT2D eigenvalue weighted by Crippen LogP contribution is -2.41. The minimum atomic E-state index is -0.926. The van der Waals surface area contributed by atoms with Gasteiger partial charge in [-0.15, -0.1) is 0 Å². The maximum Gasteiger partial charge on any atom is 0.345 e. The number of nitrogens with two attached hydrogens (primary N) is 1. The van der Waals surface area contributed by atoms with Crippen LogP contribution < -0.4 is 5.41 Å². The number of halogens is 1. The molecule has 0 radical (unpaired) electrons. The average Bonchev–Trinajstić information content (AvgIpc) is 2.93. The van der Waals surface area contributed by atoms with Crippen LogP contribution in [0.3, 0.4) is 0 Å². The molecule has 210 valence electrons. The van der Waals surface area contributed by atoms with Gasteiger partial charge in [0, 0.05) is 29.0 Å². The predicted molar refractivity (Wildman–Crippen MR) is 142 cm³/mol. The summed E-state index contributed by atoms with van der Waals surface area (Å²) < 4.78 is 19.9. The van der Waals surface area contributed by atoms with E-state index >= 15 is 0 Å². The van der Waals surface area contributed by atoms with Crippen LogP contribution in [-0.2, 0) is 18.9 Å². The van der Waals surface area contributed by atoms with E-state index in [4.69, 9.17) is 36.1 Å². The fraction of sp³-hybridized carbons (Fsp3) is 0.318. The summed E-state index contributed by atoms with van der Waals surface area (Å²) in [6.45, 7) is -0.287. The number of methoxy groups -OCH3 is 2. The van der Waals surface area contributed by atoms with Gasteiger partial charge in [-0.1, -0.05) is 21.6 Å². The van der Waals surface area contributed by atoms with Gasteiger partial charge in [0.05, 0.1) is 23.6 Å². The number of hydrogen-bond donors (Lipinski definition) is 1. The molecule has 1 atom stereocenters. The van der Waals surface area contributed by atoms with E-state index in [0.29, 0.717) is 9.79 Å². The highest BCUT2D eigenvalue weighted by Gasteiger charge is 2.24. The SMILES string of the molecule is COC(=[NH2+])CCOC(=O)c1cc(SSc2ccc([N+](=O)[O-])c(C(=O)OCCC([N-]Cl)OC)c2)ccc1[N+](=O)[O-]. The molecular weight excluding hydrogens is 580 g/mol. The highest BCUT2D eigenvalue weighted by molar-refractivity contribution is 8.76. The van der Waals surface area contributed by atoms with Crippen LogP contribution in [0, 0.1) is 20.2 Å². The van der Waals surface area contributed by atoms with Crippen LogP contribution in [0.4, 0.5) is 11.4 Å². The van der Waals surface area contributed by atoms with Gasteiger partial charge in [0.1, 0.15) is 24.2 Å². The minimum absolute atomic E-state index is 0.111. The Morgan fingerprint density at radius 3 is 1.85 bits per heavy atom. The normalized spacial score (nSPS) is 11.4. The van der Waals surface area contributed by atoms with Gasteiger partial charge in [0.15, 0.2) is 0 Å². The Kier molecular flexibility index (Phi) is 12.9. The Morgan fingerprint density at radius 2 is 1.44 bits per heavy atom. The molecule has 0 saturated heterocycles. The van der Waals surface area contributed by atoms with Gasteiger partial charge in [-0.2, -0.15) is 0 Å². The van der Waals surface area contributed by atoms with Crippen molar-refractivity contribution in [2.24, 2.45) is 0 Å². The largest absolute Gasteiger partial charge is 0.550 e. The number of nitro groups is 2. The molecule has 0 heterocycles. The van der Waals surface area contributed by atoms with E-state index in [9.17, 15) is 29.8 Å². The molecule has 1 unspecified atom stereocenters. The van der Waals surface area contributed by atoms with Gasteiger partial charge in [-0.25, -0.2) is 15.0 Å². The van der Waals surface area contributed by atoms with E-state index in [2.05, 4.69) is 4.84 Å². The van der Waals surface area contributed by atoms with E-state index in [1.807, 2.05) is 0 Å². The molecule has 0 spiro atoms. The van der Waals surface area contributed by atoms with Gasteiger partial charge in [0.2, 0.25) is 0 Å². The van der Waals surface area contributed by atoms with Crippen molar-refractivity contribution in [3.8, 4) is 0 Å². The zero-order chi connectivity index (χ0) is 28.9. The highest BCUT2D eigenvalue weighted by Crippen LogP contribution is 2.40. The summed E-state index contributed by atoms with van der Waals surface area (Å²) in [6.07, 6.45) is -0.453. The molecule has 0 aliphatic carbocycles. The Hall–Kier alpha value is -3.44. The molecule has 0 aliphatic rings. The molecule has 14 nitrogen and oxygen atoms in total. The van der Waals surface area contributed by atoms with Crippen molar-refractivity contribution in [2.45, 2.75) is 28.9 Å². The highest BCUT2D eigenvalue weighted by atomic mass is 35.5. The second-order valence-corrected chi connectivity index (χ2v) is 9.78. The third-order valence-corrected chi connectivity index (χ3v) is 7.42. The fourth-order valence-electron chi connectivity index (χ4n) is 2.84. The number of hydrogen-bond acceptors (Lipinski definition) is 12. The molecule has 0 aromatic heterocycles. The first-order valence-electron chi connectivity index (χ1n) is 10.9. The maximum absolute atomic E-state index is 12.5. The second kappa shape index (κ2) is 15.8. The molecule has 2 aromatic rings. The Balaban J connectivity index is 2.17. The van der Waals surface area contributed by atoms with Crippen LogP contribution in [0.25, 0.3) is 4.84 Å².